The smallest absolute Gasteiger partial charge is 0.252 e. The molecule has 0 saturated carbocycles. The first-order valence-electron chi connectivity index (χ1n) is 49.7. The van der Waals surface area contributed by atoms with Gasteiger partial charge in [0.05, 0.1) is 11.4 Å². The van der Waals surface area contributed by atoms with Crippen LogP contribution in [0.4, 0.5) is 85.3 Å². The highest BCUT2D eigenvalue weighted by Crippen LogP contribution is 2.57. The van der Waals surface area contributed by atoms with Crippen LogP contribution in [0.1, 0.15) is 77.9 Å². The van der Waals surface area contributed by atoms with Gasteiger partial charge in [0.2, 0.25) is 0 Å². The van der Waals surface area contributed by atoms with Crippen LogP contribution < -0.4 is 57.3 Å². The number of nitrogens with zero attached hydrogens (tertiary/aromatic N) is 5. The fraction of sp³-hybridized carbons (Fsp3) is 0.104. The van der Waals surface area contributed by atoms with Gasteiger partial charge in [-0.05, 0) is 400 Å². The summed E-state index contributed by atoms with van der Waals surface area (Å²) < 4.78 is 0. The van der Waals surface area contributed by atoms with Crippen molar-refractivity contribution in [2.24, 2.45) is 0 Å². The standard InChI is InChI=1S/C134H109B2N5/c1-82-34-24-35-83(2)125(82)98-60-66-106(67-61-98)137(107-68-62-99(63-69-107)126-84(3)36-25-37-85(126)4)110-78-123-133-124(79-110)141(134-111(96-48-18-15-19-49-96)58-33-59-112(134)97-50-20-16-21-51-97)120-81-119-115(80-116(120)136(133)114-71-65-103(130-92(11)44-29-45-93(130)12)75-118(114)140(123)109-57-32-53-101(73-109)128-88(7)40-27-41-89(128)8)135-113-70-64-102(129-90(9)42-28-43-91(129)10)74-117(113)139(108-56-31-52-100(72-108)127-86(5)38-26-39-87(127)6)122-77-104(131-94(13)46-30-47-95(131)14)76-121(132(122)135)138(119)105-54-22-17-23-55-105/h15-81H,1-14H3. The van der Waals surface area contributed by atoms with E-state index < -0.39 is 6.71 Å². The summed E-state index contributed by atoms with van der Waals surface area (Å²) in [6, 6.07) is 157. The van der Waals surface area contributed by atoms with Gasteiger partial charge in [0, 0.05) is 85.1 Å². The SMILES string of the molecule is Cc1cccc(C)c1-c1ccc(N(c2ccc(-c3c(C)cccc3C)cc2)c2cc3c4c(c2)N(c2c(-c5ccccc5)cccc2-c2ccccc2)c2cc5c(cc2B4c2ccc(-c4c(C)cccc4C)cc2N3c2cccc(-c3c(C)cccc3C)c2)B2c3ccc(-c4c(C)cccc4C)cc3N(c3cccc(-c4c(C)cccc4C)c3)c3cc(-c4c(C)cccc4C)cc(c32)N5c2ccccc2)cc1. The van der Waals surface area contributed by atoms with Crippen molar-refractivity contribution in [2.75, 3.05) is 24.5 Å². The van der Waals surface area contributed by atoms with E-state index in [4.69, 9.17) is 0 Å². The number of hydrogen-bond donors (Lipinski definition) is 0. The Hall–Kier alpha value is -16.5. The molecule has 7 heteroatoms. The topological polar surface area (TPSA) is 16.2 Å². The summed E-state index contributed by atoms with van der Waals surface area (Å²) in [4.78, 5) is 13.3. The molecule has 0 spiro atoms. The molecule has 676 valence electrons. The Morgan fingerprint density at radius 2 is 0.418 bits per heavy atom. The van der Waals surface area contributed by atoms with Gasteiger partial charge < -0.3 is 24.5 Å². The van der Waals surface area contributed by atoms with E-state index in [1.165, 1.54) is 172 Å². The molecular formula is C134H109B2N5. The second-order valence-electron chi connectivity index (χ2n) is 39.7. The molecule has 20 aromatic rings. The van der Waals surface area contributed by atoms with Gasteiger partial charge in [0.15, 0.2) is 0 Å². The van der Waals surface area contributed by atoms with Gasteiger partial charge in [0.1, 0.15) is 0 Å². The predicted octanol–water partition coefficient (Wildman–Crippen LogP) is 32.6. The molecular weight excluding hydrogens is 1700 g/mol. The van der Waals surface area contributed by atoms with Crippen molar-refractivity contribution in [3.63, 3.8) is 0 Å². The minimum absolute atomic E-state index is 0.329. The lowest BCUT2D eigenvalue weighted by Gasteiger charge is -2.48. The lowest BCUT2D eigenvalue weighted by molar-refractivity contribution is 1.22. The summed E-state index contributed by atoms with van der Waals surface area (Å²) in [6.45, 7) is 31.1. The van der Waals surface area contributed by atoms with Gasteiger partial charge in [0.25, 0.3) is 13.4 Å². The van der Waals surface area contributed by atoms with Crippen LogP contribution in [0.15, 0.2) is 406 Å². The molecule has 0 bridgehead atoms. The summed E-state index contributed by atoms with van der Waals surface area (Å²) in [5.41, 5.74) is 62.0. The highest BCUT2D eigenvalue weighted by Gasteiger charge is 2.50. The average Bonchev–Trinajstić information content (AvgIpc) is 0.676. The molecule has 0 atom stereocenters. The molecule has 5 nitrogen and oxygen atoms in total. The third kappa shape index (κ3) is 14.6. The van der Waals surface area contributed by atoms with Gasteiger partial charge in [-0.25, -0.2) is 0 Å². The van der Waals surface area contributed by atoms with Crippen molar-refractivity contribution in [3.05, 3.63) is 484 Å². The lowest BCUT2D eigenvalue weighted by atomic mass is 9.30. The largest absolute Gasteiger partial charge is 0.311 e. The molecule has 0 aromatic heterocycles. The van der Waals surface area contributed by atoms with Crippen LogP contribution in [0.3, 0.4) is 0 Å². The number of rotatable bonds is 16. The van der Waals surface area contributed by atoms with Crippen LogP contribution >= 0.6 is 0 Å². The number of aryl methyl sites for hydroxylation is 14. The number of anilines is 15. The maximum absolute atomic E-state index is 2.76. The number of fused-ring (bicyclic) bond motifs is 8. The van der Waals surface area contributed by atoms with Crippen molar-refractivity contribution < 1.29 is 0 Å². The second-order valence-corrected chi connectivity index (χ2v) is 39.7. The van der Waals surface area contributed by atoms with Crippen LogP contribution in [-0.2, 0) is 0 Å². The van der Waals surface area contributed by atoms with Crippen LogP contribution in [0.25, 0.3) is 100 Å². The molecule has 4 aliphatic rings. The molecule has 0 radical (unpaired) electrons. The summed E-state index contributed by atoms with van der Waals surface area (Å²) in [7, 11) is 0. The van der Waals surface area contributed by atoms with E-state index in [1.54, 1.807) is 0 Å². The summed E-state index contributed by atoms with van der Waals surface area (Å²) >= 11 is 0. The molecule has 0 unspecified atom stereocenters. The average molecular weight is 1810 g/mol. The summed E-state index contributed by atoms with van der Waals surface area (Å²) in [5, 5.41) is 0. The van der Waals surface area contributed by atoms with Gasteiger partial charge >= 0.3 is 0 Å². The van der Waals surface area contributed by atoms with Crippen LogP contribution in [0.2, 0.25) is 0 Å². The van der Waals surface area contributed by atoms with Gasteiger partial charge in [-0.15, -0.1) is 0 Å². The molecule has 0 saturated heterocycles. The minimum atomic E-state index is -0.400. The van der Waals surface area contributed by atoms with Crippen LogP contribution in [0, 0.1) is 96.9 Å². The molecule has 0 amide bonds. The van der Waals surface area contributed by atoms with Gasteiger partial charge in [-0.1, -0.05) is 303 Å². The summed E-state index contributed by atoms with van der Waals surface area (Å²) in [6.07, 6.45) is 0. The molecule has 20 aromatic carbocycles. The maximum atomic E-state index is 2.76. The first kappa shape index (κ1) is 87.3. The Balaban J connectivity index is 0.873. The van der Waals surface area contributed by atoms with E-state index in [9.17, 15) is 0 Å². The summed E-state index contributed by atoms with van der Waals surface area (Å²) in [5.74, 6) is 0. The van der Waals surface area contributed by atoms with Crippen LogP contribution in [0.5, 0.6) is 0 Å². The Morgan fingerprint density at radius 1 is 0.163 bits per heavy atom. The highest BCUT2D eigenvalue weighted by molar-refractivity contribution is 7.03. The van der Waals surface area contributed by atoms with E-state index in [0.29, 0.717) is 0 Å². The lowest BCUT2D eigenvalue weighted by Crippen LogP contribution is -2.65. The third-order valence-electron chi connectivity index (χ3n) is 30.8. The van der Waals surface area contributed by atoms with E-state index in [1.807, 2.05) is 0 Å². The van der Waals surface area contributed by atoms with E-state index in [2.05, 4.69) is 528 Å². The van der Waals surface area contributed by atoms with Gasteiger partial charge in [-0.2, -0.15) is 0 Å². The quantitative estimate of drug-likeness (QED) is 0.0894. The number of benzene rings is 20. The third-order valence-corrected chi connectivity index (χ3v) is 30.8. The maximum Gasteiger partial charge on any atom is 0.252 e. The van der Waals surface area contributed by atoms with Crippen molar-refractivity contribution in [2.45, 2.75) is 96.9 Å². The van der Waals surface area contributed by atoms with Crippen molar-refractivity contribution in [3.8, 4) is 100 Å². The molecule has 0 N–H and O–H groups in total. The number of hydrogen-bond acceptors (Lipinski definition) is 5. The Labute approximate surface area is 831 Å². The fourth-order valence-corrected chi connectivity index (χ4v) is 24.7. The van der Waals surface area contributed by atoms with Crippen LogP contribution in [-0.4, -0.2) is 13.4 Å². The number of para-hydroxylation sites is 2. The zero-order valence-corrected chi connectivity index (χ0v) is 82.6. The molecule has 0 fully saturated rings. The van der Waals surface area contributed by atoms with Gasteiger partial charge in [-0.3, -0.25) is 0 Å². The molecule has 4 aliphatic heterocycles. The Morgan fingerprint density at radius 3 is 0.780 bits per heavy atom. The fourth-order valence-electron chi connectivity index (χ4n) is 24.7. The normalized spacial score (nSPS) is 12.5. The second kappa shape index (κ2) is 34.9. The zero-order chi connectivity index (χ0) is 96.0. The van der Waals surface area contributed by atoms with E-state index >= 15 is 0 Å². The Bertz CT molecular complexity index is 8190. The van der Waals surface area contributed by atoms with E-state index in [-0.39, 0.29) is 6.71 Å². The molecule has 0 aliphatic carbocycles. The minimum Gasteiger partial charge on any atom is -0.311 e. The first-order chi connectivity index (χ1) is 68.8. The molecule has 24 rings (SSSR count). The zero-order valence-electron chi connectivity index (χ0n) is 82.6. The van der Waals surface area contributed by atoms with Crippen molar-refractivity contribution >= 4 is 132 Å². The van der Waals surface area contributed by atoms with Crippen molar-refractivity contribution in [1.29, 1.82) is 0 Å². The van der Waals surface area contributed by atoms with Crippen molar-refractivity contribution in [1.82, 2.24) is 0 Å². The molecule has 4 heterocycles. The first-order valence-corrected chi connectivity index (χ1v) is 49.7. The molecule has 141 heavy (non-hydrogen) atoms. The highest BCUT2D eigenvalue weighted by atomic mass is 15.2. The van der Waals surface area contributed by atoms with E-state index in [0.717, 1.165) is 124 Å². The monoisotopic (exact) mass is 1810 g/mol. The Kier molecular flexibility index (Phi) is 21.6. The predicted molar refractivity (Wildman–Crippen MR) is 604 cm³/mol.